The lowest BCUT2D eigenvalue weighted by molar-refractivity contribution is 0.340. The van der Waals surface area contributed by atoms with Crippen LogP contribution < -0.4 is 10.1 Å². The van der Waals surface area contributed by atoms with Crippen molar-refractivity contribution in [2.45, 2.75) is 13.5 Å². The van der Waals surface area contributed by atoms with Gasteiger partial charge in [-0.3, -0.25) is 0 Å². The summed E-state index contributed by atoms with van der Waals surface area (Å²) in [7, 11) is 0. The van der Waals surface area contributed by atoms with Crippen molar-refractivity contribution >= 4 is 5.69 Å². The Morgan fingerprint density at radius 2 is 1.90 bits per heavy atom. The van der Waals surface area contributed by atoms with Gasteiger partial charge < -0.3 is 10.1 Å². The molecule has 0 amide bonds. The molecule has 0 atom stereocenters. The van der Waals surface area contributed by atoms with E-state index < -0.39 is 17.5 Å². The molecule has 20 heavy (non-hydrogen) atoms. The average molecular weight is 281 g/mol. The van der Waals surface area contributed by atoms with E-state index >= 15 is 0 Å². The molecule has 0 aliphatic heterocycles. The minimum atomic E-state index is -1.21. The van der Waals surface area contributed by atoms with Crippen LogP contribution in [0.4, 0.5) is 18.9 Å². The lowest BCUT2D eigenvalue weighted by Crippen LogP contribution is -2.04. The van der Waals surface area contributed by atoms with E-state index in [9.17, 15) is 13.2 Å². The van der Waals surface area contributed by atoms with E-state index in [0.717, 1.165) is 11.6 Å². The molecule has 106 valence electrons. The minimum absolute atomic E-state index is 0.204. The smallest absolute Gasteiger partial charge is 0.182 e. The van der Waals surface area contributed by atoms with Crippen LogP contribution in [-0.2, 0) is 6.54 Å². The maximum atomic E-state index is 13.5. The molecule has 2 aromatic rings. The van der Waals surface area contributed by atoms with Gasteiger partial charge in [0.15, 0.2) is 11.6 Å². The van der Waals surface area contributed by atoms with E-state index in [4.69, 9.17) is 4.74 Å². The molecule has 0 fully saturated rings. The summed E-state index contributed by atoms with van der Waals surface area (Å²) >= 11 is 0. The van der Waals surface area contributed by atoms with Crippen LogP contribution in [0.2, 0.25) is 0 Å². The van der Waals surface area contributed by atoms with Gasteiger partial charge in [-0.05, 0) is 24.6 Å². The number of rotatable bonds is 5. The van der Waals surface area contributed by atoms with Crippen LogP contribution in [-0.4, -0.2) is 6.61 Å². The molecule has 0 saturated carbocycles. The summed E-state index contributed by atoms with van der Waals surface area (Å²) in [5.41, 5.74) is 0.615. The molecule has 2 aromatic carbocycles. The Morgan fingerprint density at radius 1 is 1.10 bits per heavy atom. The van der Waals surface area contributed by atoms with Crippen molar-refractivity contribution in [2.75, 3.05) is 11.9 Å². The van der Waals surface area contributed by atoms with E-state index in [1.807, 2.05) is 13.0 Å². The van der Waals surface area contributed by atoms with Crippen LogP contribution in [0.15, 0.2) is 36.4 Å². The lowest BCUT2D eigenvalue weighted by Gasteiger charge is -2.10. The highest BCUT2D eigenvalue weighted by Gasteiger charge is 2.10. The molecular weight excluding hydrogens is 267 g/mol. The second kappa shape index (κ2) is 6.32. The van der Waals surface area contributed by atoms with Gasteiger partial charge in [0.25, 0.3) is 0 Å². The molecule has 5 heteroatoms. The molecule has 0 bridgehead atoms. The highest BCUT2D eigenvalue weighted by Crippen LogP contribution is 2.20. The zero-order valence-corrected chi connectivity index (χ0v) is 10.9. The lowest BCUT2D eigenvalue weighted by atomic mass is 10.2. The Morgan fingerprint density at radius 3 is 2.65 bits per heavy atom. The first-order valence-electron chi connectivity index (χ1n) is 6.20. The van der Waals surface area contributed by atoms with Crippen LogP contribution in [0, 0.1) is 17.5 Å². The molecule has 0 saturated heterocycles. The molecule has 0 unspecified atom stereocenters. The monoisotopic (exact) mass is 281 g/mol. The zero-order valence-electron chi connectivity index (χ0n) is 10.9. The molecule has 2 rings (SSSR count). The Labute approximate surface area is 115 Å². The summed E-state index contributed by atoms with van der Waals surface area (Å²) in [6.45, 7) is 2.65. The van der Waals surface area contributed by atoms with Crippen molar-refractivity contribution in [1.82, 2.24) is 0 Å². The quantitative estimate of drug-likeness (QED) is 0.833. The maximum Gasteiger partial charge on any atom is 0.182 e. The fourth-order valence-corrected chi connectivity index (χ4v) is 1.79. The van der Waals surface area contributed by atoms with Gasteiger partial charge in [-0.1, -0.05) is 12.1 Å². The Hall–Kier alpha value is -2.17. The average Bonchev–Trinajstić information content (AvgIpc) is 2.42. The third-order valence-corrected chi connectivity index (χ3v) is 2.69. The van der Waals surface area contributed by atoms with Crippen molar-refractivity contribution in [1.29, 1.82) is 0 Å². The van der Waals surface area contributed by atoms with E-state index in [0.29, 0.717) is 18.4 Å². The second-order valence-corrected chi connectivity index (χ2v) is 4.18. The summed E-state index contributed by atoms with van der Waals surface area (Å²) in [6, 6.07) is 8.62. The van der Waals surface area contributed by atoms with Crippen LogP contribution in [0.1, 0.15) is 12.5 Å². The zero-order chi connectivity index (χ0) is 14.5. The third-order valence-electron chi connectivity index (χ3n) is 2.69. The van der Waals surface area contributed by atoms with Gasteiger partial charge in [-0.2, -0.15) is 0 Å². The Balaban J connectivity index is 2.10. The number of hydrogen-bond acceptors (Lipinski definition) is 2. The Kier molecular flexibility index (Phi) is 4.50. The summed E-state index contributed by atoms with van der Waals surface area (Å²) in [5, 5.41) is 2.67. The van der Waals surface area contributed by atoms with Gasteiger partial charge in [-0.15, -0.1) is 0 Å². The predicted octanol–water partition coefficient (Wildman–Crippen LogP) is 4.11. The summed E-state index contributed by atoms with van der Waals surface area (Å²) in [6.07, 6.45) is 0. The standard InChI is InChI=1S/C15H14F3NO/c1-2-20-12-5-3-4-10(6-12)9-19-14-8-11(16)7-13(17)15(14)18/h3-8,19H,2,9H2,1H3. The first-order valence-corrected chi connectivity index (χ1v) is 6.20. The van der Waals surface area contributed by atoms with Gasteiger partial charge in [0.05, 0.1) is 12.3 Å². The van der Waals surface area contributed by atoms with Gasteiger partial charge in [0.2, 0.25) is 0 Å². The van der Waals surface area contributed by atoms with Crippen LogP contribution >= 0.6 is 0 Å². The second-order valence-electron chi connectivity index (χ2n) is 4.18. The molecule has 0 aliphatic carbocycles. The van der Waals surface area contributed by atoms with E-state index in [1.54, 1.807) is 18.2 Å². The number of ether oxygens (including phenoxy) is 1. The van der Waals surface area contributed by atoms with Gasteiger partial charge in [0.1, 0.15) is 11.6 Å². The predicted molar refractivity (Wildman–Crippen MR) is 71.3 cm³/mol. The van der Waals surface area contributed by atoms with Crippen molar-refractivity contribution in [3.8, 4) is 5.75 Å². The molecule has 0 aromatic heterocycles. The van der Waals surface area contributed by atoms with Crippen LogP contribution in [0.25, 0.3) is 0 Å². The molecule has 1 N–H and O–H groups in total. The highest BCUT2D eigenvalue weighted by atomic mass is 19.2. The normalized spacial score (nSPS) is 10.4. The van der Waals surface area contributed by atoms with Gasteiger partial charge >= 0.3 is 0 Å². The number of benzene rings is 2. The van der Waals surface area contributed by atoms with E-state index in [2.05, 4.69) is 5.32 Å². The summed E-state index contributed by atoms with van der Waals surface area (Å²) in [5.74, 6) is -2.44. The molecule has 0 radical (unpaired) electrons. The first-order chi connectivity index (χ1) is 9.60. The molecule has 0 heterocycles. The number of halogens is 3. The summed E-state index contributed by atoms with van der Waals surface area (Å²) < 4.78 is 44.9. The van der Waals surface area contributed by atoms with Crippen molar-refractivity contribution < 1.29 is 17.9 Å². The van der Waals surface area contributed by atoms with E-state index in [1.165, 1.54) is 0 Å². The molecule has 0 aliphatic rings. The number of anilines is 1. The number of hydrogen-bond donors (Lipinski definition) is 1. The Bertz CT molecular complexity index is 602. The highest BCUT2D eigenvalue weighted by molar-refractivity contribution is 5.46. The fraction of sp³-hybridized carbons (Fsp3) is 0.200. The maximum absolute atomic E-state index is 13.5. The van der Waals surface area contributed by atoms with Gasteiger partial charge in [0, 0.05) is 18.7 Å². The molecule has 2 nitrogen and oxygen atoms in total. The van der Waals surface area contributed by atoms with Crippen molar-refractivity contribution in [3.05, 3.63) is 59.4 Å². The minimum Gasteiger partial charge on any atom is -0.494 e. The first kappa shape index (κ1) is 14.2. The van der Waals surface area contributed by atoms with Crippen LogP contribution in [0.3, 0.4) is 0 Å². The third kappa shape index (κ3) is 3.44. The van der Waals surface area contributed by atoms with Gasteiger partial charge in [-0.25, -0.2) is 13.2 Å². The topological polar surface area (TPSA) is 21.3 Å². The van der Waals surface area contributed by atoms with Crippen LogP contribution in [0.5, 0.6) is 5.75 Å². The fourth-order valence-electron chi connectivity index (χ4n) is 1.79. The van der Waals surface area contributed by atoms with Crippen molar-refractivity contribution in [3.63, 3.8) is 0 Å². The van der Waals surface area contributed by atoms with E-state index in [-0.39, 0.29) is 12.2 Å². The molecular formula is C15H14F3NO. The molecule has 0 spiro atoms. The summed E-state index contributed by atoms with van der Waals surface area (Å²) in [4.78, 5) is 0. The number of nitrogens with one attached hydrogen (secondary N) is 1. The largest absolute Gasteiger partial charge is 0.494 e. The van der Waals surface area contributed by atoms with Crippen molar-refractivity contribution in [2.24, 2.45) is 0 Å². The SMILES string of the molecule is CCOc1cccc(CNc2cc(F)cc(F)c2F)c1.